The van der Waals surface area contributed by atoms with Crippen molar-refractivity contribution >= 4 is 0 Å². The van der Waals surface area contributed by atoms with E-state index in [1.165, 1.54) is 5.06 Å². The summed E-state index contributed by atoms with van der Waals surface area (Å²) in [5, 5.41) is 11.4. The van der Waals surface area contributed by atoms with Crippen LogP contribution in [0.4, 0.5) is 0 Å². The standard InChI is InChI=1S/C9H21N3O/c1-8(2)5-7(6-11-10)9(3,4)12(8)13/h7,11,13H,5-6,10H2,1-4H3. The highest BCUT2D eigenvalue weighted by atomic mass is 16.5. The first-order valence-electron chi connectivity index (χ1n) is 4.75. The van der Waals surface area contributed by atoms with Gasteiger partial charge in [0.15, 0.2) is 0 Å². The predicted octanol–water partition coefficient (Wildman–Crippen LogP) is 0.718. The van der Waals surface area contributed by atoms with Gasteiger partial charge in [-0.25, -0.2) is 0 Å². The van der Waals surface area contributed by atoms with Gasteiger partial charge < -0.3 is 5.21 Å². The van der Waals surface area contributed by atoms with Gasteiger partial charge in [0.1, 0.15) is 0 Å². The average Bonchev–Trinajstić information content (AvgIpc) is 2.14. The monoisotopic (exact) mass is 187 g/mol. The van der Waals surface area contributed by atoms with Crippen molar-refractivity contribution in [3.8, 4) is 0 Å². The first kappa shape index (κ1) is 10.9. The van der Waals surface area contributed by atoms with E-state index in [9.17, 15) is 5.21 Å². The van der Waals surface area contributed by atoms with Gasteiger partial charge in [-0.1, -0.05) is 0 Å². The van der Waals surface area contributed by atoms with Crippen LogP contribution < -0.4 is 11.3 Å². The van der Waals surface area contributed by atoms with Crippen LogP contribution in [0.3, 0.4) is 0 Å². The Morgan fingerprint density at radius 2 is 2.00 bits per heavy atom. The Hall–Kier alpha value is -0.160. The smallest absolute Gasteiger partial charge is 0.0451 e. The van der Waals surface area contributed by atoms with Gasteiger partial charge in [-0.2, -0.15) is 5.06 Å². The second kappa shape index (κ2) is 3.20. The van der Waals surface area contributed by atoms with E-state index in [4.69, 9.17) is 5.84 Å². The van der Waals surface area contributed by atoms with Crippen molar-refractivity contribution < 1.29 is 5.21 Å². The van der Waals surface area contributed by atoms with Gasteiger partial charge in [0.05, 0.1) is 0 Å². The van der Waals surface area contributed by atoms with Gasteiger partial charge in [0.25, 0.3) is 0 Å². The van der Waals surface area contributed by atoms with Crippen molar-refractivity contribution in [2.45, 2.75) is 45.2 Å². The minimum absolute atomic E-state index is 0.148. The van der Waals surface area contributed by atoms with E-state index in [0.29, 0.717) is 5.92 Å². The molecule has 0 spiro atoms. The summed E-state index contributed by atoms with van der Waals surface area (Å²) in [6.45, 7) is 8.93. The van der Waals surface area contributed by atoms with E-state index in [1.807, 2.05) is 27.7 Å². The fourth-order valence-corrected chi connectivity index (χ4v) is 2.36. The SMILES string of the molecule is CC1(C)CC(CNN)C(C)(C)N1O. The Morgan fingerprint density at radius 1 is 1.46 bits per heavy atom. The van der Waals surface area contributed by atoms with Crippen LogP contribution in [0.1, 0.15) is 34.1 Å². The summed E-state index contributed by atoms with van der Waals surface area (Å²) in [5.74, 6) is 5.70. The van der Waals surface area contributed by atoms with Crippen LogP contribution in [0.25, 0.3) is 0 Å². The van der Waals surface area contributed by atoms with E-state index < -0.39 is 0 Å². The second-order valence-corrected chi connectivity index (χ2v) is 5.09. The Labute approximate surface area is 80.0 Å². The van der Waals surface area contributed by atoms with Gasteiger partial charge in [-0.3, -0.25) is 11.3 Å². The minimum atomic E-state index is -0.199. The molecule has 1 unspecified atom stereocenters. The van der Waals surface area contributed by atoms with Gasteiger partial charge in [0, 0.05) is 17.6 Å². The molecule has 78 valence electrons. The fourth-order valence-electron chi connectivity index (χ4n) is 2.36. The molecule has 1 rings (SSSR count). The fraction of sp³-hybridized carbons (Fsp3) is 1.00. The van der Waals surface area contributed by atoms with Crippen molar-refractivity contribution in [3.63, 3.8) is 0 Å². The van der Waals surface area contributed by atoms with E-state index in [0.717, 1.165) is 13.0 Å². The molecule has 0 aromatic heterocycles. The predicted molar refractivity (Wildman–Crippen MR) is 52.1 cm³/mol. The van der Waals surface area contributed by atoms with Crippen LogP contribution in [-0.4, -0.2) is 27.9 Å². The summed E-state index contributed by atoms with van der Waals surface area (Å²) in [7, 11) is 0. The molecule has 4 nitrogen and oxygen atoms in total. The largest absolute Gasteiger partial charge is 0.313 e. The first-order chi connectivity index (χ1) is 5.82. The van der Waals surface area contributed by atoms with Crippen LogP contribution in [-0.2, 0) is 0 Å². The quantitative estimate of drug-likeness (QED) is 0.440. The van der Waals surface area contributed by atoms with Crippen molar-refractivity contribution in [1.29, 1.82) is 0 Å². The number of nitrogens with two attached hydrogens (primary N) is 1. The van der Waals surface area contributed by atoms with E-state index in [1.54, 1.807) is 0 Å². The van der Waals surface area contributed by atoms with Gasteiger partial charge in [-0.15, -0.1) is 0 Å². The molecule has 1 aliphatic heterocycles. The van der Waals surface area contributed by atoms with Crippen LogP contribution in [0.15, 0.2) is 0 Å². The zero-order valence-electron chi connectivity index (χ0n) is 8.96. The van der Waals surface area contributed by atoms with Crippen LogP contribution in [0, 0.1) is 5.92 Å². The maximum atomic E-state index is 9.95. The van der Waals surface area contributed by atoms with Crippen molar-refractivity contribution in [1.82, 2.24) is 10.5 Å². The summed E-state index contributed by atoms with van der Waals surface area (Å²) in [6.07, 6.45) is 0.959. The van der Waals surface area contributed by atoms with E-state index in [-0.39, 0.29) is 11.1 Å². The van der Waals surface area contributed by atoms with Gasteiger partial charge in [0.2, 0.25) is 0 Å². The molecular weight excluding hydrogens is 166 g/mol. The van der Waals surface area contributed by atoms with Crippen molar-refractivity contribution in [2.75, 3.05) is 6.54 Å². The molecule has 13 heavy (non-hydrogen) atoms. The number of hydroxylamine groups is 2. The Kier molecular flexibility index (Phi) is 2.69. The molecular formula is C9H21N3O. The molecule has 0 aromatic rings. The summed E-state index contributed by atoms with van der Waals surface area (Å²) < 4.78 is 0. The topological polar surface area (TPSA) is 61.5 Å². The maximum absolute atomic E-state index is 9.95. The third-order valence-corrected chi connectivity index (χ3v) is 3.23. The van der Waals surface area contributed by atoms with E-state index in [2.05, 4.69) is 5.43 Å². The summed E-state index contributed by atoms with van der Waals surface area (Å²) in [6, 6.07) is 0. The van der Waals surface area contributed by atoms with Crippen molar-refractivity contribution in [3.05, 3.63) is 0 Å². The molecule has 1 aliphatic rings. The minimum Gasteiger partial charge on any atom is -0.313 e. The molecule has 1 heterocycles. The number of rotatable bonds is 2. The lowest BCUT2D eigenvalue weighted by Gasteiger charge is -2.35. The zero-order valence-corrected chi connectivity index (χ0v) is 8.96. The highest BCUT2D eigenvalue weighted by molar-refractivity contribution is 5.02. The molecule has 1 fully saturated rings. The number of hydrogen-bond acceptors (Lipinski definition) is 4. The molecule has 0 aliphatic carbocycles. The third kappa shape index (κ3) is 1.72. The number of hydrogen-bond donors (Lipinski definition) is 3. The number of hydrazine groups is 1. The third-order valence-electron chi connectivity index (χ3n) is 3.23. The van der Waals surface area contributed by atoms with Gasteiger partial charge >= 0.3 is 0 Å². The van der Waals surface area contributed by atoms with Crippen LogP contribution in [0.2, 0.25) is 0 Å². The zero-order chi connectivity index (χ0) is 10.3. The highest BCUT2D eigenvalue weighted by Crippen LogP contribution is 2.42. The average molecular weight is 187 g/mol. The van der Waals surface area contributed by atoms with Gasteiger partial charge in [-0.05, 0) is 40.0 Å². The lowest BCUT2D eigenvalue weighted by Crippen LogP contribution is -2.48. The molecule has 4 N–H and O–H groups in total. The molecule has 0 aromatic carbocycles. The molecule has 0 bridgehead atoms. The van der Waals surface area contributed by atoms with Crippen molar-refractivity contribution in [2.24, 2.45) is 11.8 Å². The summed E-state index contributed by atoms with van der Waals surface area (Å²) >= 11 is 0. The lowest BCUT2D eigenvalue weighted by atomic mass is 9.87. The Bertz CT molecular complexity index is 191. The molecule has 0 radical (unpaired) electrons. The van der Waals surface area contributed by atoms with Crippen LogP contribution in [0.5, 0.6) is 0 Å². The Balaban J connectivity index is 2.80. The summed E-state index contributed by atoms with van der Waals surface area (Å²) in [5.41, 5.74) is 2.34. The van der Waals surface area contributed by atoms with Crippen LogP contribution >= 0.6 is 0 Å². The molecule has 0 amide bonds. The Morgan fingerprint density at radius 3 is 2.31 bits per heavy atom. The molecule has 1 saturated heterocycles. The normalized spacial score (nSPS) is 32.3. The lowest BCUT2D eigenvalue weighted by molar-refractivity contribution is -0.196. The van der Waals surface area contributed by atoms with E-state index >= 15 is 0 Å². The first-order valence-corrected chi connectivity index (χ1v) is 4.75. The number of nitrogens with one attached hydrogen (secondary N) is 1. The highest BCUT2D eigenvalue weighted by Gasteiger charge is 2.50. The summed E-state index contributed by atoms with van der Waals surface area (Å²) in [4.78, 5) is 0. The molecule has 1 atom stereocenters. The maximum Gasteiger partial charge on any atom is 0.0451 e. The number of nitrogens with zero attached hydrogens (tertiary/aromatic N) is 1. The molecule has 4 heteroatoms. The second-order valence-electron chi connectivity index (χ2n) is 5.09. The molecule has 0 saturated carbocycles.